The average molecular weight is 397 g/mol. The van der Waals surface area contributed by atoms with Crippen LogP contribution in [-0.2, 0) is 9.53 Å². The number of thioether (sulfide) groups is 1. The normalized spacial score (nSPS) is 10.6. The van der Waals surface area contributed by atoms with Crippen molar-refractivity contribution in [1.82, 2.24) is 14.9 Å². The number of fused-ring (bicyclic) bond motifs is 1. The zero-order valence-electron chi connectivity index (χ0n) is 15.5. The standard InChI is InChI=1S/C20H19N3O4S/c1-3-27-20(26)22-17(24)12-28-19-21-15-10-6-5-9-14(15)18(25)23(19)16-11-7-4-8-13(16)2/h4-11H,3,12H2,1-2H3,(H,22,24,26). The number of imide groups is 1. The van der Waals surface area contributed by atoms with E-state index < -0.39 is 12.0 Å². The minimum atomic E-state index is -0.795. The van der Waals surface area contributed by atoms with Gasteiger partial charge in [-0.25, -0.2) is 9.78 Å². The maximum absolute atomic E-state index is 13.1. The van der Waals surface area contributed by atoms with Gasteiger partial charge in [0.2, 0.25) is 5.91 Å². The lowest BCUT2D eigenvalue weighted by Crippen LogP contribution is -2.32. The lowest BCUT2D eigenvalue weighted by atomic mass is 10.2. The van der Waals surface area contributed by atoms with Gasteiger partial charge in [0, 0.05) is 0 Å². The van der Waals surface area contributed by atoms with Crippen molar-refractivity contribution in [2.75, 3.05) is 12.4 Å². The van der Waals surface area contributed by atoms with E-state index in [4.69, 9.17) is 4.74 Å². The number of hydrogen-bond acceptors (Lipinski definition) is 6. The summed E-state index contributed by atoms with van der Waals surface area (Å²) in [7, 11) is 0. The Morgan fingerprint density at radius 2 is 1.86 bits per heavy atom. The molecule has 3 aromatic rings. The van der Waals surface area contributed by atoms with Crippen molar-refractivity contribution in [2.45, 2.75) is 19.0 Å². The van der Waals surface area contributed by atoms with Crippen LogP contribution in [0, 0.1) is 6.92 Å². The van der Waals surface area contributed by atoms with E-state index in [-0.39, 0.29) is 17.9 Å². The van der Waals surface area contributed by atoms with Crippen LogP contribution in [0.1, 0.15) is 12.5 Å². The topological polar surface area (TPSA) is 90.3 Å². The Hall–Kier alpha value is -3.13. The van der Waals surface area contributed by atoms with Gasteiger partial charge in [-0.3, -0.25) is 19.5 Å². The summed E-state index contributed by atoms with van der Waals surface area (Å²) in [5.41, 5.74) is 1.93. The molecule has 2 aromatic carbocycles. The Balaban J connectivity index is 2.00. The molecule has 0 atom stereocenters. The summed E-state index contributed by atoms with van der Waals surface area (Å²) < 4.78 is 6.20. The third kappa shape index (κ3) is 4.23. The van der Waals surface area contributed by atoms with Gasteiger partial charge >= 0.3 is 6.09 Å². The number of ether oxygens (including phenoxy) is 1. The summed E-state index contributed by atoms with van der Waals surface area (Å²) in [6, 6.07) is 14.5. The molecular weight excluding hydrogens is 378 g/mol. The lowest BCUT2D eigenvalue weighted by Gasteiger charge is -2.15. The molecule has 7 nitrogen and oxygen atoms in total. The van der Waals surface area contributed by atoms with Crippen molar-refractivity contribution in [3.63, 3.8) is 0 Å². The van der Waals surface area contributed by atoms with Crippen LogP contribution in [0.2, 0.25) is 0 Å². The number of hydrogen-bond donors (Lipinski definition) is 1. The number of nitrogens with zero attached hydrogens (tertiary/aromatic N) is 2. The Bertz CT molecular complexity index is 1090. The molecule has 0 aliphatic carbocycles. The van der Waals surface area contributed by atoms with Crippen molar-refractivity contribution < 1.29 is 14.3 Å². The maximum Gasteiger partial charge on any atom is 0.413 e. The van der Waals surface area contributed by atoms with Crippen LogP contribution in [0.15, 0.2) is 58.5 Å². The monoisotopic (exact) mass is 397 g/mol. The molecule has 0 aliphatic rings. The van der Waals surface area contributed by atoms with Crippen LogP contribution in [-0.4, -0.2) is 33.9 Å². The molecule has 0 saturated carbocycles. The van der Waals surface area contributed by atoms with E-state index in [0.29, 0.717) is 21.7 Å². The maximum atomic E-state index is 13.1. The second-order valence-corrected chi connectivity index (χ2v) is 6.84. The van der Waals surface area contributed by atoms with Gasteiger partial charge in [0.1, 0.15) is 0 Å². The quantitative estimate of drug-likeness (QED) is 0.526. The molecule has 0 spiro atoms. The molecule has 3 rings (SSSR count). The van der Waals surface area contributed by atoms with Crippen molar-refractivity contribution >= 4 is 34.7 Å². The van der Waals surface area contributed by atoms with Gasteiger partial charge in [0.05, 0.1) is 29.0 Å². The number of benzene rings is 2. The molecule has 1 N–H and O–H groups in total. The van der Waals surface area contributed by atoms with Gasteiger partial charge in [-0.2, -0.15) is 0 Å². The van der Waals surface area contributed by atoms with E-state index in [1.165, 1.54) is 4.57 Å². The third-order valence-corrected chi connectivity index (χ3v) is 4.89. The predicted molar refractivity (Wildman–Crippen MR) is 108 cm³/mol. The number of aromatic nitrogens is 2. The zero-order valence-corrected chi connectivity index (χ0v) is 16.3. The zero-order chi connectivity index (χ0) is 20.1. The summed E-state index contributed by atoms with van der Waals surface area (Å²) in [5.74, 6) is -0.614. The predicted octanol–water partition coefficient (Wildman–Crippen LogP) is 3.06. The average Bonchev–Trinajstić information content (AvgIpc) is 2.67. The van der Waals surface area contributed by atoms with E-state index in [0.717, 1.165) is 17.3 Å². The first-order valence-corrected chi connectivity index (χ1v) is 9.67. The number of aryl methyl sites for hydroxylation is 1. The highest BCUT2D eigenvalue weighted by molar-refractivity contribution is 7.99. The van der Waals surface area contributed by atoms with Crippen molar-refractivity contribution in [3.05, 3.63) is 64.4 Å². The summed E-state index contributed by atoms with van der Waals surface area (Å²) in [6.45, 7) is 3.73. The fourth-order valence-electron chi connectivity index (χ4n) is 2.68. The highest BCUT2D eigenvalue weighted by atomic mass is 32.2. The Labute approximate surface area is 165 Å². The molecule has 1 heterocycles. The molecule has 8 heteroatoms. The van der Waals surface area contributed by atoms with Crippen molar-refractivity contribution in [3.8, 4) is 5.69 Å². The highest BCUT2D eigenvalue weighted by Crippen LogP contribution is 2.22. The van der Waals surface area contributed by atoms with Gasteiger partial charge in [-0.15, -0.1) is 0 Å². The van der Waals surface area contributed by atoms with Crippen LogP contribution in [0.3, 0.4) is 0 Å². The number of alkyl carbamates (subject to hydrolysis) is 1. The third-order valence-electron chi connectivity index (χ3n) is 3.95. The van der Waals surface area contributed by atoms with Gasteiger partial charge in [-0.05, 0) is 37.6 Å². The summed E-state index contributed by atoms with van der Waals surface area (Å²) in [4.78, 5) is 41.1. The lowest BCUT2D eigenvalue weighted by molar-refractivity contribution is -0.117. The van der Waals surface area contributed by atoms with Crippen LogP contribution in [0.4, 0.5) is 4.79 Å². The molecule has 28 heavy (non-hydrogen) atoms. The number of carbonyl (C=O) groups excluding carboxylic acids is 2. The Morgan fingerprint density at radius 1 is 1.14 bits per heavy atom. The second kappa shape index (κ2) is 8.71. The molecule has 0 bridgehead atoms. The van der Waals surface area contributed by atoms with Crippen molar-refractivity contribution in [2.24, 2.45) is 0 Å². The van der Waals surface area contributed by atoms with Crippen molar-refractivity contribution in [1.29, 1.82) is 0 Å². The van der Waals surface area contributed by atoms with Gasteiger partial charge in [-0.1, -0.05) is 42.1 Å². The van der Waals surface area contributed by atoms with E-state index in [1.807, 2.05) is 31.2 Å². The summed E-state index contributed by atoms with van der Waals surface area (Å²) in [5, 5.41) is 3.00. The SMILES string of the molecule is CCOC(=O)NC(=O)CSc1nc2ccccc2c(=O)n1-c1ccccc1C. The smallest absolute Gasteiger partial charge is 0.413 e. The van der Waals surface area contributed by atoms with Gasteiger partial charge in [0.15, 0.2) is 5.16 Å². The minimum absolute atomic E-state index is 0.0878. The van der Waals surface area contributed by atoms with Crippen LogP contribution < -0.4 is 10.9 Å². The van der Waals surface area contributed by atoms with Crippen LogP contribution in [0.5, 0.6) is 0 Å². The van der Waals surface area contributed by atoms with Crippen LogP contribution in [0.25, 0.3) is 16.6 Å². The number of rotatable bonds is 5. The number of amides is 2. The summed E-state index contributed by atoms with van der Waals surface area (Å²) in [6.07, 6.45) is -0.795. The molecule has 0 saturated heterocycles. The van der Waals surface area contributed by atoms with E-state index >= 15 is 0 Å². The number of nitrogens with one attached hydrogen (secondary N) is 1. The van der Waals surface area contributed by atoms with Gasteiger partial charge in [0.25, 0.3) is 5.56 Å². The second-order valence-electron chi connectivity index (χ2n) is 5.90. The molecule has 2 amide bonds. The van der Waals surface area contributed by atoms with E-state index in [9.17, 15) is 14.4 Å². The minimum Gasteiger partial charge on any atom is -0.450 e. The molecule has 0 unspecified atom stereocenters. The fourth-order valence-corrected chi connectivity index (χ4v) is 3.49. The first-order chi connectivity index (χ1) is 13.5. The number of para-hydroxylation sites is 2. The molecule has 0 aliphatic heterocycles. The van der Waals surface area contributed by atoms with E-state index in [1.54, 1.807) is 31.2 Å². The van der Waals surface area contributed by atoms with Crippen LogP contribution >= 0.6 is 11.8 Å². The summed E-state index contributed by atoms with van der Waals surface area (Å²) >= 11 is 1.08. The highest BCUT2D eigenvalue weighted by Gasteiger charge is 2.16. The largest absolute Gasteiger partial charge is 0.450 e. The molecule has 0 fully saturated rings. The molecule has 1 aromatic heterocycles. The molecule has 144 valence electrons. The molecular formula is C20H19N3O4S. The van der Waals surface area contributed by atoms with E-state index in [2.05, 4.69) is 10.3 Å². The Morgan fingerprint density at radius 3 is 2.61 bits per heavy atom. The molecule has 0 radical (unpaired) electrons. The van der Waals surface area contributed by atoms with Gasteiger partial charge < -0.3 is 4.74 Å². The fraction of sp³-hybridized carbons (Fsp3) is 0.200. The Kier molecular flexibility index (Phi) is 6.10. The first kappa shape index (κ1) is 19.6. The number of carbonyl (C=O) groups is 2. The first-order valence-electron chi connectivity index (χ1n) is 8.68.